The van der Waals surface area contributed by atoms with Gasteiger partial charge in [0.05, 0.1) is 29.3 Å². The molecule has 0 aliphatic carbocycles. The average molecular weight is 420 g/mol. The van der Waals surface area contributed by atoms with Crippen molar-refractivity contribution in [1.29, 1.82) is 0 Å². The largest absolute Gasteiger partial charge is 0.329 e. The predicted octanol–water partition coefficient (Wildman–Crippen LogP) is 2.59. The Morgan fingerprint density at radius 1 is 1.10 bits per heavy atom. The van der Waals surface area contributed by atoms with Crippen LogP contribution in [0.2, 0.25) is 0 Å². The lowest BCUT2D eigenvalue weighted by Gasteiger charge is -2.10. The average Bonchev–Trinajstić information content (AvgIpc) is 3.45. The minimum Gasteiger partial charge on any atom is -0.329 e. The van der Waals surface area contributed by atoms with E-state index in [1.54, 1.807) is 15.4 Å². The monoisotopic (exact) mass is 419 g/mol. The fraction of sp³-hybridized carbons (Fsp3) is 0.250. The zero-order chi connectivity index (χ0) is 20.7. The molecule has 10 heteroatoms. The molecule has 0 amide bonds. The Balaban J connectivity index is 1.47. The zero-order valence-corrected chi connectivity index (χ0v) is 17.8. The quantitative estimate of drug-likeness (QED) is 0.418. The van der Waals surface area contributed by atoms with E-state index in [9.17, 15) is 0 Å². The van der Waals surface area contributed by atoms with Crippen LogP contribution in [0.5, 0.6) is 0 Å². The van der Waals surface area contributed by atoms with Crippen molar-refractivity contribution in [1.82, 2.24) is 44.0 Å². The van der Waals surface area contributed by atoms with Crippen molar-refractivity contribution < 1.29 is 0 Å². The first kappa shape index (κ1) is 18.8. The number of imidazole rings is 1. The number of hydrogen-bond acceptors (Lipinski definition) is 7. The van der Waals surface area contributed by atoms with Crippen LogP contribution in [-0.2, 0) is 13.6 Å². The highest BCUT2D eigenvalue weighted by molar-refractivity contribution is 7.99. The molecule has 4 heterocycles. The molecular formula is C20H21N9S. The van der Waals surface area contributed by atoms with Gasteiger partial charge in [-0.3, -0.25) is 4.68 Å². The number of benzene rings is 1. The maximum atomic E-state index is 4.73. The molecule has 1 aromatic carbocycles. The first-order valence-corrected chi connectivity index (χ1v) is 10.4. The van der Waals surface area contributed by atoms with Crippen molar-refractivity contribution in [3.63, 3.8) is 0 Å². The van der Waals surface area contributed by atoms with Crippen LogP contribution >= 0.6 is 11.8 Å². The van der Waals surface area contributed by atoms with Crippen molar-refractivity contribution >= 4 is 28.4 Å². The number of nitrogens with zero attached hydrogens (tertiary/aromatic N) is 9. The van der Waals surface area contributed by atoms with Crippen LogP contribution < -0.4 is 0 Å². The Morgan fingerprint density at radius 3 is 2.80 bits per heavy atom. The number of aryl methyl sites for hydroxylation is 1. The summed E-state index contributed by atoms with van der Waals surface area (Å²) >= 11 is 1.54. The van der Waals surface area contributed by atoms with E-state index in [0.717, 1.165) is 45.4 Å². The van der Waals surface area contributed by atoms with Gasteiger partial charge in [-0.1, -0.05) is 0 Å². The molecule has 0 unspecified atom stereocenters. The second-order valence-electron chi connectivity index (χ2n) is 7.37. The van der Waals surface area contributed by atoms with Crippen LogP contribution in [0, 0.1) is 0 Å². The maximum Gasteiger partial charge on any atom is 0.217 e. The fourth-order valence-electron chi connectivity index (χ4n) is 3.23. The van der Waals surface area contributed by atoms with Gasteiger partial charge in [0.25, 0.3) is 0 Å². The Hall–Kier alpha value is -3.24. The van der Waals surface area contributed by atoms with Gasteiger partial charge in [0, 0.05) is 36.8 Å². The summed E-state index contributed by atoms with van der Waals surface area (Å²) < 4.78 is 5.72. The lowest BCUT2D eigenvalue weighted by molar-refractivity contribution is 0.386. The van der Waals surface area contributed by atoms with Crippen molar-refractivity contribution in [2.45, 2.75) is 16.6 Å². The summed E-state index contributed by atoms with van der Waals surface area (Å²) in [6.07, 6.45) is 5.64. The van der Waals surface area contributed by atoms with Crippen LogP contribution in [0.3, 0.4) is 0 Å². The molecule has 5 rings (SSSR count). The topological polar surface area (TPSA) is 82.0 Å². The lowest BCUT2D eigenvalue weighted by Crippen LogP contribution is -2.17. The number of aromatic nitrogens is 8. The molecule has 0 N–H and O–H groups in total. The van der Waals surface area contributed by atoms with Gasteiger partial charge in [0.15, 0.2) is 5.65 Å². The van der Waals surface area contributed by atoms with Crippen molar-refractivity contribution in [2.75, 3.05) is 20.6 Å². The normalized spacial score (nSPS) is 11.9. The Bertz CT molecular complexity index is 1330. The second-order valence-corrected chi connectivity index (χ2v) is 8.41. The summed E-state index contributed by atoms with van der Waals surface area (Å²) in [6.45, 7) is 1.85. The molecule has 0 saturated carbocycles. The zero-order valence-electron chi connectivity index (χ0n) is 17.0. The Morgan fingerprint density at radius 2 is 2.00 bits per heavy atom. The van der Waals surface area contributed by atoms with E-state index in [0.29, 0.717) is 5.65 Å². The highest BCUT2D eigenvalue weighted by Crippen LogP contribution is 2.29. The van der Waals surface area contributed by atoms with Crippen LogP contribution in [-0.4, -0.2) is 64.7 Å². The van der Waals surface area contributed by atoms with Gasteiger partial charge in [-0.2, -0.15) is 14.7 Å². The number of hydrogen-bond donors (Lipinski definition) is 0. The van der Waals surface area contributed by atoms with Gasteiger partial charge in [0.2, 0.25) is 5.16 Å². The van der Waals surface area contributed by atoms with Gasteiger partial charge in [0.1, 0.15) is 0 Å². The number of rotatable bonds is 6. The van der Waals surface area contributed by atoms with Crippen molar-refractivity contribution in [3.05, 3.63) is 49.1 Å². The summed E-state index contributed by atoms with van der Waals surface area (Å²) in [5.41, 5.74) is 4.59. The molecule has 0 atom stereocenters. The van der Waals surface area contributed by atoms with E-state index in [1.165, 1.54) is 11.8 Å². The Labute approximate surface area is 177 Å². The molecule has 0 spiro atoms. The third-order valence-corrected chi connectivity index (χ3v) is 5.75. The summed E-state index contributed by atoms with van der Waals surface area (Å²) in [7, 11) is 6.04. The molecule has 9 nitrogen and oxygen atoms in total. The van der Waals surface area contributed by atoms with Crippen molar-refractivity contribution in [2.24, 2.45) is 7.05 Å². The number of fused-ring (bicyclic) bond motifs is 2. The molecule has 0 aliphatic heterocycles. The molecule has 4 aromatic heterocycles. The lowest BCUT2D eigenvalue weighted by atomic mass is 10.2. The Kier molecular flexibility index (Phi) is 4.72. The summed E-state index contributed by atoms with van der Waals surface area (Å²) in [5.74, 6) is 0. The SMILES string of the molecule is CN(C)CCn1cnc2ccc(Sc3nnc4ccc(-c5cnn(C)c5)nn34)cc21. The smallest absolute Gasteiger partial charge is 0.217 e. The van der Waals surface area contributed by atoms with E-state index in [1.807, 2.05) is 37.8 Å². The summed E-state index contributed by atoms with van der Waals surface area (Å²) in [4.78, 5) is 7.75. The van der Waals surface area contributed by atoms with Gasteiger partial charge in [-0.05, 0) is 56.2 Å². The fourth-order valence-corrected chi connectivity index (χ4v) is 4.05. The molecule has 0 radical (unpaired) electrons. The van der Waals surface area contributed by atoms with E-state index < -0.39 is 0 Å². The van der Waals surface area contributed by atoms with Gasteiger partial charge in [-0.15, -0.1) is 10.2 Å². The second kappa shape index (κ2) is 7.54. The van der Waals surface area contributed by atoms with E-state index >= 15 is 0 Å². The summed E-state index contributed by atoms with van der Waals surface area (Å²) in [5, 5.41) is 18.3. The standard InChI is InChI=1S/C20H21N9S/c1-26(2)8-9-28-13-21-17-5-4-15(10-18(17)28)30-20-24-23-19-7-6-16(25-29(19)20)14-11-22-27(3)12-14/h4-7,10-13H,8-9H2,1-3H3. The molecular weight excluding hydrogens is 398 g/mol. The molecule has 0 fully saturated rings. The first-order chi connectivity index (χ1) is 14.6. The highest BCUT2D eigenvalue weighted by Gasteiger charge is 2.12. The maximum absolute atomic E-state index is 4.73. The molecule has 0 bridgehead atoms. The van der Waals surface area contributed by atoms with Crippen LogP contribution in [0.15, 0.2) is 59.1 Å². The van der Waals surface area contributed by atoms with Crippen LogP contribution in [0.4, 0.5) is 0 Å². The van der Waals surface area contributed by atoms with Gasteiger partial charge >= 0.3 is 0 Å². The van der Waals surface area contributed by atoms with E-state index in [-0.39, 0.29) is 0 Å². The molecule has 30 heavy (non-hydrogen) atoms. The molecule has 5 aromatic rings. The molecule has 152 valence electrons. The third-order valence-electron chi connectivity index (χ3n) is 4.82. The van der Waals surface area contributed by atoms with Crippen molar-refractivity contribution in [3.8, 4) is 11.3 Å². The highest BCUT2D eigenvalue weighted by atomic mass is 32.2. The number of likely N-dealkylation sites (N-methyl/N-ethyl adjacent to an activating group) is 1. The van der Waals surface area contributed by atoms with Crippen LogP contribution in [0.25, 0.3) is 27.9 Å². The van der Waals surface area contributed by atoms with Gasteiger partial charge in [-0.25, -0.2) is 4.98 Å². The summed E-state index contributed by atoms with van der Waals surface area (Å²) in [6, 6.07) is 10.1. The minimum atomic E-state index is 0.710. The predicted molar refractivity (Wildman–Crippen MR) is 115 cm³/mol. The molecule has 0 aliphatic rings. The van der Waals surface area contributed by atoms with Crippen LogP contribution in [0.1, 0.15) is 0 Å². The first-order valence-electron chi connectivity index (χ1n) is 9.56. The molecule has 0 saturated heterocycles. The minimum absolute atomic E-state index is 0.710. The van der Waals surface area contributed by atoms with E-state index in [4.69, 9.17) is 5.10 Å². The third kappa shape index (κ3) is 3.55. The van der Waals surface area contributed by atoms with E-state index in [2.05, 4.69) is 56.0 Å². The van der Waals surface area contributed by atoms with Gasteiger partial charge < -0.3 is 9.47 Å².